The molecule has 2 N–H and O–H groups in total. The van der Waals surface area contributed by atoms with Crippen LogP contribution in [0.1, 0.15) is 18.3 Å². The van der Waals surface area contributed by atoms with Crippen molar-refractivity contribution in [3.8, 4) is 5.75 Å². The van der Waals surface area contributed by atoms with Gasteiger partial charge in [-0.15, -0.1) is 10.2 Å². The van der Waals surface area contributed by atoms with Gasteiger partial charge in [0.1, 0.15) is 18.6 Å². The first-order chi connectivity index (χ1) is 11.2. The third kappa shape index (κ3) is 5.28. The molecule has 0 aliphatic carbocycles. The van der Waals surface area contributed by atoms with Gasteiger partial charge in [0.05, 0.1) is 7.11 Å². The molecule has 0 radical (unpaired) electrons. The lowest BCUT2D eigenvalue weighted by atomic mass is 10.1. The van der Waals surface area contributed by atoms with Gasteiger partial charge in [0.2, 0.25) is 0 Å². The van der Waals surface area contributed by atoms with Crippen molar-refractivity contribution in [2.75, 3.05) is 20.2 Å². The predicted octanol–water partition coefficient (Wildman–Crippen LogP) is 1.12. The zero-order valence-corrected chi connectivity index (χ0v) is 13.9. The van der Waals surface area contributed by atoms with Crippen LogP contribution in [0.15, 0.2) is 35.6 Å². The summed E-state index contributed by atoms with van der Waals surface area (Å²) in [5.74, 6) is 2.49. The molecule has 0 amide bonds. The minimum atomic E-state index is 0.494. The molecular formula is C16H24N6O. The number of aromatic nitrogens is 3. The Morgan fingerprint density at radius 3 is 2.65 bits per heavy atom. The van der Waals surface area contributed by atoms with Crippen molar-refractivity contribution in [2.45, 2.75) is 19.9 Å². The van der Waals surface area contributed by atoms with E-state index in [-0.39, 0.29) is 0 Å². The molecule has 0 fully saturated rings. The fourth-order valence-electron chi connectivity index (χ4n) is 2.06. The largest absolute Gasteiger partial charge is 0.497 e. The molecule has 124 valence electrons. The summed E-state index contributed by atoms with van der Waals surface area (Å²) in [6.07, 6.45) is 2.59. The SMILES string of the molecule is CCNC(=NCc1nncn1C)NCCc1ccc(OC)cc1. The lowest BCUT2D eigenvalue weighted by Gasteiger charge is -2.11. The fraction of sp³-hybridized carbons (Fsp3) is 0.438. The van der Waals surface area contributed by atoms with Crippen molar-refractivity contribution in [1.82, 2.24) is 25.4 Å². The molecular weight excluding hydrogens is 292 g/mol. The maximum absolute atomic E-state index is 5.16. The quantitative estimate of drug-likeness (QED) is 0.591. The second kappa shape index (κ2) is 8.77. The standard InChI is InChI=1S/C16H24N6O/c1-4-17-16(19-11-15-21-20-12-22(15)2)18-10-9-13-5-7-14(23-3)8-6-13/h5-8,12H,4,9-11H2,1-3H3,(H2,17,18,19). The van der Waals surface area contributed by atoms with Crippen molar-refractivity contribution < 1.29 is 4.74 Å². The summed E-state index contributed by atoms with van der Waals surface area (Å²) in [6, 6.07) is 8.10. The second-order valence-electron chi connectivity index (χ2n) is 5.08. The van der Waals surface area contributed by atoms with Crippen molar-refractivity contribution in [3.05, 3.63) is 42.0 Å². The van der Waals surface area contributed by atoms with E-state index < -0.39 is 0 Å². The predicted molar refractivity (Wildman–Crippen MR) is 90.5 cm³/mol. The van der Waals surface area contributed by atoms with Crippen LogP contribution in [0.4, 0.5) is 0 Å². The highest BCUT2D eigenvalue weighted by Crippen LogP contribution is 2.11. The van der Waals surface area contributed by atoms with Gasteiger partial charge in [0, 0.05) is 20.1 Å². The van der Waals surface area contributed by atoms with Crippen LogP contribution in [-0.2, 0) is 20.0 Å². The van der Waals surface area contributed by atoms with Crippen molar-refractivity contribution >= 4 is 5.96 Å². The Morgan fingerprint density at radius 2 is 2.04 bits per heavy atom. The smallest absolute Gasteiger partial charge is 0.191 e. The fourth-order valence-corrected chi connectivity index (χ4v) is 2.06. The van der Waals surface area contributed by atoms with E-state index in [1.54, 1.807) is 13.4 Å². The number of benzene rings is 1. The number of nitrogens with zero attached hydrogens (tertiary/aromatic N) is 4. The maximum Gasteiger partial charge on any atom is 0.191 e. The molecule has 2 aromatic rings. The normalized spacial score (nSPS) is 11.3. The van der Waals surface area contributed by atoms with Crippen LogP contribution < -0.4 is 15.4 Å². The summed E-state index contributed by atoms with van der Waals surface area (Å²) in [6.45, 7) is 4.15. The summed E-state index contributed by atoms with van der Waals surface area (Å²) in [4.78, 5) is 4.53. The van der Waals surface area contributed by atoms with Crippen LogP contribution in [0.2, 0.25) is 0 Å². The minimum Gasteiger partial charge on any atom is -0.497 e. The summed E-state index contributed by atoms with van der Waals surface area (Å²) >= 11 is 0. The van der Waals surface area contributed by atoms with Crippen molar-refractivity contribution in [2.24, 2.45) is 12.0 Å². The summed E-state index contributed by atoms with van der Waals surface area (Å²) < 4.78 is 7.03. The minimum absolute atomic E-state index is 0.494. The zero-order valence-electron chi connectivity index (χ0n) is 13.9. The van der Waals surface area contributed by atoms with Gasteiger partial charge < -0.3 is 19.9 Å². The molecule has 0 atom stereocenters. The van der Waals surface area contributed by atoms with E-state index in [2.05, 4.69) is 38.0 Å². The molecule has 7 heteroatoms. The average molecular weight is 316 g/mol. The lowest BCUT2D eigenvalue weighted by molar-refractivity contribution is 0.414. The summed E-state index contributed by atoms with van der Waals surface area (Å²) in [5.41, 5.74) is 1.25. The van der Waals surface area contributed by atoms with Crippen molar-refractivity contribution in [1.29, 1.82) is 0 Å². The van der Waals surface area contributed by atoms with Crippen LogP contribution >= 0.6 is 0 Å². The van der Waals surface area contributed by atoms with Gasteiger partial charge in [0.15, 0.2) is 11.8 Å². The summed E-state index contributed by atoms with van der Waals surface area (Å²) in [5, 5.41) is 14.4. The number of nitrogens with one attached hydrogen (secondary N) is 2. The molecule has 1 aromatic heterocycles. The number of aliphatic imine (C=N–C) groups is 1. The van der Waals surface area contributed by atoms with Crippen molar-refractivity contribution in [3.63, 3.8) is 0 Å². The molecule has 23 heavy (non-hydrogen) atoms. The van der Waals surface area contributed by atoms with Gasteiger partial charge in [0.25, 0.3) is 0 Å². The van der Waals surface area contributed by atoms with Gasteiger partial charge in [-0.1, -0.05) is 12.1 Å². The van der Waals surface area contributed by atoms with Gasteiger partial charge in [-0.3, -0.25) is 0 Å². The van der Waals surface area contributed by atoms with Crippen LogP contribution in [-0.4, -0.2) is 40.9 Å². The Morgan fingerprint density at radius 1 is 1.26 bits per heavy atom. The number of methoxy groups -OCH3 is 1. The van der Waals surface area contributed by atoms with Gasteiger partial charge in [-0.05, 0) is 31.0 Å². The summed E-state index contributed by atoms with van der Waals surface area (Å²) in [7, 11) is 3.59. The Balaban J connectivity index is 1.85. The second-order valence-corrected chi connectivity index (χ2v) is 5.08. The number of guanidine groups is 1. The molecule has 0 aliphatic heterocycles. The van der Waals surface area contributed by atoms with Crippen LogP contribution in [0.25, 0.3) is 0 Å². The number of hydrogen-bond acceptors (Lipinski definition) is 4. The third-order valence-electron chi connectivity index (χ3n) is 3.39. The van der Waals surface area contributed by atoms with E-state index in [1.165, 1.54) is 5.56 Å². The molecule has 7 nitrogen and oxygen atoms in total. The number of rotatable bonds is 7. The molecule has 2 rings (SSSR count). The van der Waals surface area contributed by atoms with Gasteiger partial charge in [-0.25, -0.2) is 4.99 Å². The molecule has 0 aliphatic rings. The maximum atomic E-state index is 5.16. The van der Waals surface area contributed by atoms with Crippen LogP contribution in [0.3, 0.4) is 0 Å². The first kappa shape index (κ1) is 16.8. The van der Waals surface area contributed by atoms with E-state index in [4.69, 9.17) is 4.74 Å². The Kier molecular flexibility index (Phi) is 6.40. The van der Waals surface area contributed by atoms with Crippen LogP contribution in [0, 0.1) is 0 Å². The Hall–Kier alpha value is -2.57. The first-order valence-electron chi connectivity index (χ1n) is 7.71. The molecule has 0 saturated heterocycles. The molecule has 1 heterocycles. The Labute approximate surface area is 136 Å². The number of aryl methyl sites for hydroxylation is 1. The molecule has 1 aromatic carbocycles. The van der Waals surface area contributed by atoms with E-state index in [1.807, 2.05) is 30.7 Å². The van der Waals surface area contributed by atoms with E-state index in [0.717, 1.165) is 37.0 Å². The number of hydrogen-bond donors (Lipinski definition) is 2. The molecule has 0 unspecified atom stereocenters. The lowest BCUT2D eigenvalue weighted by Crippen LogP contribution is -2.38. The van der Waals surface area contributed by atoms with E-state index in [9.17, 15) is 0 Å². The molecule has 0 bridgehead atoms. The number of ether oxygens (including phenoxy) is 1. The van der Waals surface area contributed by atoms with Crippen LogP contribution in [0.5, 0.6) is 5.75 Å². The molecule has 0 spiro atoms. The highest BCUT2D eigenvalue weighted by molar-refractivity contribution is 5.79. The van der Waals surface area contributed by atoms with E-state index in [0.29, 0.717) is 6.54 Å². The third-order valence-corrected chi connectivity index (χ3v) is 3.39. The van der Waals surface area contributed by atoms with Gasteiger partial charge in [-0.2, -0.15) is 0 Å². The molecule has 0 saturated carbocycles. The highest BCUT2D eigenvalue weighted by Gasteiger charge is 2.02. The van der Waals surface area contributed by atoms with Gasteiger partial charge >= 0.3 is 0 Å². The first-order valence-corrected chi connectivity index (χ1v) is 7.71. The topological polar surface area (TPSA) is 76.4 Å². The zero-order chi connectivity index (χ0) is 16.5. The average Bonchev–Trinajstić information content (AvgIpc) is 2.98. The highest BCUT2D eigenvalue weighted by atomic mass is 16.5. The van der Waals surface area contributed by atoms with E-state index >= 15 is 0 Å². The monoisotopic (exact) mass is 316 g/mol. The Bertz CT molecular complexity index is 620.